The van der Waals surface area contributed by atoms with Crippen molar-refractivity contribution in [2.45, 2.75) is 184 Å². The van der Waals surface area contributed by atoms with E-state index in [2.05, 4.69) is 103 Å². The molecule has 4 N–H and O–H groups in total. The first-order valence-electron chi connectivity index (χ1n) is 41.8. The van der Waals surface area contributed by atoms with Gasteiger partial charge in [0.05, 0.1) is 26.2 Å². The maximum atomic E-state index is 15.5. The molecule has 15 rings (SSSR count). The number of carbonyl (C=O) groups is 8. The van der Waals surface area contributed by atoms with Gasteiger partial charge in [-0.3, -0.25) is 96.6 Å². The van der Waals surface area contributed by atoms with Gasteiger partial charge >= 0.3 is 48.2 Å². The lowest BCUT2D eigenvalue weighted by atomic mass is 9.94. The summed E-state index contributed by atoms with van der Waals surface area (Å²) in [4.78, 5) is 154. The van der Waals surface area contributed by atoms with Gasteiger partial charge in [0.1, 0.15) is 112 Å². The molecule has 44 nitrogen and oxygen atoms in total. The second-order valence-electron chi connectivity index (χ2n) is 32.0. The predicted octanol–water partition coefficient (Wildman–Crippen LogP) is 3.61. The number of fused-ring (bicyclic) bond motifs is 2. The molecule has 0 saturated carbocycles. The Labute approximate surface area is 714 Å². The maximum Gasteiger partial charge on any atom is 0.326 e. The summed E-state index contributed by atoms with van der Waals surface area (Å²) in [5, 5.41) is 0. The molecule has 0 aromatic heterocycles. The van der Waals surface area contributed by atoms with Gasteiger partial charge in [0, 0.05) is 35.1 Å². The Morgan fingerprint density at radius 2 is 0.500 bits per heavy atom. The van der Waals surface area contributed by atoms with Gasteiger partial charge in [-0.15, -0.1) is 0 Å². The third kappa shape index (κ3) is 16.5. The zero-order valence-corrected chi connectivity index (χ0v) is 75.9. The van der Waals surface area contributed by atoms with Crippen LogP contribution in [0.5, 0.6) is 11.5 Å². The molecule has 12 saturated heterocycles. The number of carbonyl (C=O) groups excluding carboxylic acids is 8. The highest BCUT2D eigenvalue weighted by molar-refractivity contribution is 7.86. The van der Waals surface area contributed by atoms with Gasteiger partial charge in [-0.2, -0.15) is 33.7 Å². The molecule has 13 aliphatic heterocycles. The summed E-state index contributed by atoms with van der Waals surface area (Å²) in [6.07, 6.45) is -5.20. The molecular formula is C74H122N20O24S4. The highest BCUT2D eigenvalue weighted by Gasteiger charge is 2.80. The smallest absolute Gasteiger partial charge is 0.326 e. The summed E-state index contributed by atoms with van der Waals surface area (Å²) < 4.78 is 156. The van der Waals surface area contributed by atoms with Crippen molar-refractivity contribution in [3.05, 3.63) is 45.9 Å². The number of hydrogen-bond acceptors (Lipinski definition) is 24. The fourth-order valence-corrected chi connectivity index (χ4v) is 20.4. The summed E-state index contributed by atoms with van der Waals surface area (Å²) >= 11 is 0. The lowest BCUT2D eigenvalue weighted by Gasteiger charge is -2.49. The molecule has 0 atom stereocenters. The first kappa shape index (κ1) is 94.2. The number of allylic oxidation sites excluding steroid dienone is 2. The Morgan fingerprint density at radius 3 is 0.705 bits per heavy atom. The van der Waals surface area contributed by atoms with E-state index in [0.717, 1.165) is 0 Å². The standard InChI is InChI=1S/C50H62N16O24S4.4C6H15N/c1-47-49(3)63-23-55-37-35-51(39(55)67)21-53-36-38-57(41(53)69)25-65-45(73)61-19-29-30(34(90-12-16-94(84,85)86)8-7-33(29)89-11-15-93(81,82)83)20-62-46(74)66(50(65,4)48(61,62)2)26-58(38)42(70)54(36)22-52(35)40(68)56(37)24-64(49)44(72)60(47)18-28-27(17-59(47)43(63)71)31(87-9-13-91(75,76)77)5-6-32(28)88-10-14-92(78,79)80;4*1-4-7(5-2)6-3/h5-6,35-38H,7-26H2,1-4H3,(H,75,76,77)(H,78,79,80)(H,81,82,83)(H,84,85,86);4*4-6H2,1-3H3. The third-order valence-electron chi connectivity index (χ3n) is 26.7. The predicted molar refractivity (Wildman–Crippen MR) is 440 cm³/mol. The summed E-state index contributed by atoms with van der Waals surface area (Å²) in [6, 6.07) is -3.33. The SMILES string of the molecule is CC12N3CC4=C(OCCS(=O)(=O)O)CCC(OCCS(=O)(=O)O)=C4CN1C(=O)N1CN4C(=O)N5CN6C(=O)N7CN8C(=O)N9Cc%10c(OCCS(=O)(=O)O)ccc(OCCS(=O)(=O)O)c%10CN%10C(=O)N(CN%11C(=O)N(CN%12C(=O)N(CN(C3=O)C12C)C4C%125)C6C%117)C8(C)C%109C.CCN(CC)CC.CCN(CC)CC.CCN(CC)CC.CCN(CC)CC. The number of hydrogen-bond donors (Lipinski definition) is 4. The Morgan fingerprint density at radius 1 is 0.303 bits per heavy atom. The zero-order valence-electron chi connectivity index (χ0n) is 72.6. The molecule has 13 heterocycles. The molecule has 14 aliphatic rings. The van der Waals surface area contributed by atoms with Crippen LogP contribution >= 0.6 is 0 Å². The van der Waals surface area contributed by atoms with Gasteiger partial charge in [0.25, 0.3) is 40.5 Å². The lowest BCUT2D eigenvalue weighted by Crippen LogP contribution is -2.69. The van der Waals surface area contributed by atoms with Crippen LogP contribution in [0, 0.1) is 0 Å². The van der Waals surface area contributed by atoms with Crippen LogP contribution in [-0.2, 0) is 63.0 Å². The third-order valence-corrected chi connectivity index (χ3v) is 29.4. The van der Waals surface area contributed by atoms with Crippen molar-refractivity contribution in [3.63, 3.8) is 0 Å². The molecule has 1 aliphatic carbocycles. The van der Waals surface area contributed by atoms with Crippen molar-refractivity contribution < 1.29 is 109 Å². The number of benzene rings is 1. The average molecular weight is 1800 g/mol. The zero-order chi connectivity index (χ0) is 90.0. The lowest BCUT2D eigenvalue weighted by molar-refractivity contribution is -0.0867. The van der Waals surface area contributed by atoms with Crippen molar-refractivity contribution in [1.82, 2.24) is 98.0 Å². The van der Waals surface area contributed by atoms with E-state index in [1.165, 1.54) is 169 Å². The van der Waals surface area contributed by atoms with Crippen molar-refractivity contribution >= 4 is 88.7 Å². The molecule has 0 radical (unpaired) electrons. The minimum atomic E-state index is -4.54. The van der Waals surface area contributed by atoms with Gasteiger partial charge in [0.15, 0.2) is 47.3 Å². The number of amides is 16. The topological polar surface area (TPSA) is 456 Å². The van der Waals surface area contributed by atoms with Crippen LogP contribution in [0.4, 0.5) is 38.4 Å². The highest BCUT2D eigenvalue weighted by atomic mass is 32.2. The van der Waals surface area contributed by atoms with Crippen LogP contribution in [-0.4, -0.2) is 427 Å². The fraction of sp³-hybridized carbons (Fsp3) is 0.757. The highest BCUT2D eigenvalue weighted by Crippen LogP contribution is 2.59. The Balaban J connectivity index is 0.000000447. The first-order valence-corrected chi connectivity index (χ1v) is 48.2. The fourth-order valence-electron chi connectivity index (χ4n) is 19.2. The minimum Gasteiger partial charge on any atom is -0.496 e. The monoisotopic (exact) mass is 1800 g/mol. The Kier molecular flexibility index (Phi) is 27.7. The summed E-state index contributed by atoms with van der Waals surface area (Å²) in [6.45, 7) is 39.7. The van der Waals surface area contributed by atoms with Crippen LogP contribution < -0.4 is 9.47 Å². The van der Waals surface area contributed by atoms with Gasteiger partial charge in [-0.05, 0) is 118 Å². The molecule has 1 aromatic rings. The summed E-state index contributed by atoms with van der Waals surface area (Å²) in [7, 11) is -18.1. The molecule has 122 heavy (non-hydrogen) atoms. The number of urea groups is 8. The van der Waals surface area contributed by atoms with E-state index in [1.54, 1.807) is 27.7 Å². The van der Waals surface area contributed by atoms with Crippen molar-refractivity contribution in [2.75, 3.05) is 181 Å². The van der Waals surface area contributed by atoms with E-state index < -0.39 is 225 Å². The Bertz CT molecular complexity index is 4410. The van der Waals surface area contributed by atoms with E-state index >= 15 is 38.4 Å². The Hall–Kier alpha value is -8.46. The number of nitrogens with zero attached hydrogens (tertiary/aromatic N) is 20. The normalized spacial score (nSPS) is 26.6. The molecular weight excluding hydrogens is 1680 g/mol. The van der Waals surface area contributed by atoms with E-state index in [0.29, 0.717) is 0 Å². The van der Waals surface area contributed by atoms with E-state index in [1.807, 2.05) is 0 Å². The van der Waals surface area contributed by atoms with Crippen LogP contribution in [0.1, 0.15) is 135 Å². The average Bonchev–Trinajstić information content (AvgIpc) is 1.49. The molecule has 12 fully saturated rings. The second-order valence-corrected chi connectivity index (χ2v) is 38.3. The van der Waals surface area contributed by atoms with Gasteiger partial charge < -0.3 is 38.5 Å². The summed E-state index contributed by atoms with van der Waals surface area (Å²) in [5.74, 6) is -2.96. The van der Waals surface area contributed by atoms with Crippen molar-refractivity contribution in [3.8, 4) is 11.5 Å². The van der Waals surface area contributed by atoms with Crippen LogP contribution in [0.25, 0.3) is 0 Å². The molecule has 0 bridgehead atoms. The summed E-state index contributed by atoms with van der Waals surface area (Å²) in [5.41, 5.74) is -6.00. The van der Waals surface area contributed by atoms with Crippen LogP contribution in [0.15, 0.2) is 34.8 Å². The first-order chi connectivity index (χ1) is 57.3. The van der Waals surface area contributed by atoms with Crippen LogP contribution in [0.3, 0.4) is 0 Å². The van der Waals surface area contributed by atoms with Gasteiger partial charge in [-0.1, -0.05) is 83.1 Å². The molecule has 48 heteroatoms. The van der Waals surface area contributed by atoms with E-state index in [-0.39, 0.29) is 84.3 Å². The van der Waals surface area contributed by atoms with E-state index in [9.17, 15) is 51.9 Å². The van der Waals surface area contributed by atoms with E-state index in [4.69, 9.17) is 18.9 Å². The maximum absolute atomic E-state index is 15.5. The number of ether oxygens (including phenoxy) is 4. The van der Waals surface area contributed by atoms with Crippen molar-refractivity contribution in [1.29, 1.82) is 0 Å². The molecule has 1 aromatic carbocycles. The second kappa shape index (κ2) is 35.9. The molecule has 0 unspecified atom stereocenters. The largest absolute Gasteiger partial charge is 0.496 e. The molecule has 686 valence electrons. The minimum absolute atomic E-state index is 0.00467. The molecule has 0 spiro atoms. The quantitative estimate of drug-likeness (QED) is 0.0870. The molecule has 16 amide bonds. The van der Waals surface area contributed by atoms with Gasteiger partial charge in [-0.25, -0.2) is 38.4 Å². The van der Waals surface area contributed by atoms with Gasteiger partial charge in [0.2, 0.25) is 0 Å². The van der Waals surface area contributed by atoms with Crippen LogP contribution in [0.2, 0.25) is 0 Å². The number of rotatable bonds is 28. The van der Waals surface area contributed by atoms with Crippen molar-refractivity contribution in [2.24, 2.45) is 0 Å².